The van der Waals surface area contributed by atoms with Gasteiger partial charge in [-0.25, -0.2) is 4.79 Å². The summed E-state index contributed by atoms with van der Waals surface area (Å²) < 4.78 is 12.0. The minimum atomic E-state index is -0.540. The van der Waals surface area contributed by atoms with Crippen LogP contribution in [0.3, 0.4) is 0 Å². The number of hydrogen-bond donors (Lipinski definition) is 0. The number of methoxy groups -OCH3 is 1. The molecule has 2 aromatic heterocycles. The van der Waals surface area contributed by atoms with Crippen molar-refractivity contribution in [2.75, 3.05) is 13.7 Å². The molecule has 0 N–H and O–H groups in total. The topological polar surface area (TPSA) is 57.0 Å². The Morgan fingerprint density at radius 1 is 1.23 bits per heavy atom. The Morgan fingerprint density at radius 3 is 2.65 bits per heavy atom. The second-order valence-electron chi connectivity index (χ2n) is 5.40. The van der Waals surface area contributed by atoms with Gasteiger partial charge in [0.15, 0.2) is 6.29 Å². The second-order valence-corrected chi connectivity index (χ2v) is 6.21. The highest BCUT2D eigenvalue weighted by Crippen LogP contribution is 2.41. The summed E-state index contributed by atoms with van der Waals surface area (Å²) in [6.45, 7) is 1.92. The third-order valence-electron chi connectivity index (χ3n) is 3.98. The van der Waals surface area contributed by atoms with Gasteiger partial charge in [0.1, 0.15) is 5.75 Å². The van der Waals surface area contributed by atoms with Gasteiger partial charge in [0.05, 0.1) is 40.5 Å². The number of pyridine rings is 1. The van der Waals surface area contributed by atoms with Gasteiger partial charge in [0.2, 0.25) is 0 Å². The van der Waals surface area contributed by atoms with E-state index < -0.39 is 5.97 Å². The van der Waals surface area contributed by atoms with Gasteiger partial charge in [-0.2, -0.15) is 0 Å². The fraction of sp³-hybridized carbons (Fsp3) is 0.158. The molecule has 2 heterocycles. The SMILES string of the molecule is CCOC(=O)c1c(-c2cc(Cl)c(OC)cc2Cl)c(C=O)n2ccccc12. The van der Waals surface area contributed by atoms with E-state index in [1.165, 1.54) is 7.11 Å². The van der Waals surface area contributed by atoms with Crippen LogP contribution in [-0.4, -0.2) is 30.4 Å². The van der Waals surface area contributed by atoms with Crippen molar-refractivity contribution < 1.29 is 19.1 Å². The molecule has 26 heavy (non-hydrogen) atoms. The van der Waals surface area contributed by atoms with E-state index in [4.69, 9.17) is 32.7 Å². The number of halogens is 2. The highest BCUT2D eigenvalue weighted by atomic mass is 35.5. The summed E-state index contributed by atoms with van der Waals surface area (Å²) >= 11 is 12.7. The lowest BCUT2D eigenvalue weighted by Crippen LogP contribution is -2.06. The molecule has 0 fully saturated rings. The molecule has 0 aliphatic carbocycles. The van der Waals surface area contributed by atoms with Crippen LogP contribution in [0.5, 0.6) is 5.75 Å². The van der Waals surface area contributed by atoms with Crippen LogP contribution in [0.15, 0.2) is 36.5 Å². The molecule has 0 spiro atoms. The van der Waals surface area contributed by atoms with Gasteiger partial charge in [-0.15, -0.1) is 0 Å². The maximum Gasteiger partial charge on any atom is 0.340 e. The van der Waals surface area contributed by atoms with Gasteiger partial charge < -0.3 is 13.9 Å². The molecule has 0 bridgehead atoms. The Labute approximate surface area is 160 Å². The lowest BCUT2D eigenvalue weighted by Gasteiger charge is -2.11. The molecule has 0 saturated carbocycles. The Bertz CT molecular complexity index is 1010. The number of esters is 1. The first-order valence-electron chi connectivity index (χ1n) is 7.82. The van der Waals surface area contributed by atoms with E-state index in [0.717, 1.165) is 0 Å². The van der Waals surface area contributed by atoms with E-state index in [9.17, 15) is 9.59 Å². The normalized spacial score (nSPS) is 10.8. The van der Waals surface area contributed by atoms with Crippen molar-refractivity contribution in [2.45, 2.75) is 6.92 Å². The minimum absolute atomic E-state index is 0.204. The third kappa shape index (κ3) is 2.93. The second kappa shape index (κ2) is 7.40. The van der Waals surface area contributed by atoms with E-state index >= 15 is 0 Å². The van der Waals surface area contributed by atoms with Crippen LogP contribution in [0.4, 0.5) is 0 Å². The number of nitrogens with zero attached hydrogens (tertiary/aromatic N) is 1. The number of aromatic nitrogens is 1. The molecule has 0 unspecified atom stereocenters. The zero-order chi connectivity index (χ0) is 18.8. The van der Waals surface area contributed by atoms with E-state index in [2.05, 4.69) is 0 Å². The molecule has 0 atom stereocenters. The van der Waals surface area contributed by atoms with Crippen LogP contribution < -0.4 is 4.74 Å². The van der Waals surface area contributed by atoms with Gasteiger partial charge in [-0.05, 0) is 25.1 Å². The molecule has 0 aliphatic heterocycles. The average molecular weight is 392 g/mol. The smallest absolute Gasteiger partial charge is 0.340 e. The van der Waals surface area contributed by atoms with Gasteiger partial charge in [-0.1, -0.05) is 29.3 Å². The monoisotopic (exact) mass is 391 g/mol. The molecular weight excluding hydrogens is 377 g/mol. The highest BCUT2D eigenvalue weighted by Gasteiger charge is 2.27. The maximum absolute atomic E-state index is 12.6. The number of carbonyl (C=O) groups is 2. The van der Waals surface area contributed by atoms with Crippen LogP contribution >= 0.6 is 23.2 Å². The zero-order valence-electron chi connectivity index (χ0n) is 14.1. The average Bonchev–Trinajstić information content (AvgIpc) is 2.97. The number of carbonyl (C=O) groups excluding carboxylic acids is 2. The number of rotatable bonds is 5. The fourth-order valence-electron chi connectivity index (χ4n) is 2.91. The summed E-state index contributed by atoms with van der Waals surface area (Å²) in [5.74, 6) is -0.142. The van der Waals surface area contributed by atoms with E-state index in [1.54, 1.807) is 47.9 Å². The molecule has 0 radical (unpaired) electrons. The molecule has 0 aliphatic rings. The van der Waals surface area contributed by atoms with Crippen molar-refractivity contribution in [3.8, 4) is 16.9 Å². The van der Waals surface area contributed by atoms with Gasteiger partial charge >= 0.3 is 5.97 Å². The predicted octanol–water partition coefficient (Wildman–Crippen LogP) is 4.91. The number of benzene rings is 1. The van der Waals surface area contributed by atoms with E-state index in [0.29, 0.717) is 38.7 Å². The summed E-state index contributed by atoms with van der Waals surface area (Å²) in [6, 6.07) is 8.40. The number of aldehydes is 1. The van der Waals surface area contributed by atoms with E-state index in [1.807, 2.05) is 0 Å². The van der Waals surface area contributed by atoms with Crippen molar-refractivity contribution in [1.29, 1.82) is 0 Å². The quantitative estimate of drug-likeness (QED) is 0.457. The summed E-state index contributed by atoms with van der Waals surface area (Å²) in [6.07, 6.45) is 2.38. The highest BCUT2D eigenvalue weighted by molar-refractivity contribution is 6.37. The number of hydrogen-bond acceptors (Lipinski definition) is 4. The van der Waals surface area contributed by atoms with Crippen molar-refractivity contribution in [3.05, 3.63) is 57.8 Å². The Kier molecular flexibility index (Phi) is 5.20. The molecule has 0 saturated heterocycles. The number of fused-ring (bicyclic) bond motifs is 1. The summed E-state index contributed by atoms with van der Waals surface area (Å²) in [4.78, 5) is 24.5. The lowest BCUT2D eigenvalue weighted by molar-refractivity contribution is 0.0529. The van der Waals surface area contributed by atoms with Crippen LogP contribution in [0, 0.1) is 0 Å². The van der Waals surface area contributed by atoms with Gasteiger partial charge in [0, 0.05) is 23.4 Å². The van der Waals surface area contributed by atoms with Gasteiger partial charge in [-0.3, -0.25) is 4.79 Å². The molecular formula is C19H15Cl2NO4. The summed E-state index contributed by atoms with van der Waals surface area (Å²) in [7, 11) is 1.48. The molecule has 7 heteroatoms. The lowest BCUT2D eigenvalue weighted by atomic mass is 10.0. The standard InChI is InChI=1S/C19H15Cl2NO4/c1-3-26-19(24)18-14-6-4-5-7-22(14)15(10-23)17(18)11-8-13(21)16(25-2)9-12(11)20/h4-10H,3H2,1-2H3. The van der Waals surface area contributed by atoms with Crippen LogP contribution in [0.1, 0.15) is 27.8 Å². The summed E-state index contributed by atoms with van der Waals surface area (Å²) in [5, 5.41) is 0.615. The van der Waals surface area contributed by atoms with E-state index in [-0.39, 0.29) is 17.9 Å². The van der Waals surface area contributed by atoms with Crippen molar-refractivity contribution >= 4 is 41.0 Å². The number of ether oxygens (including phenoxy) is 2. The largest absolute Gasteiger partial charge is 0.495 e. The first-order chi connectivity index (χ1) is 12.5. The predicted molar refractivity (Wildman–Crippen MR) is 101 cm³/mol. The van der Waals surface area contributed by atoms with Crippen LogP contribution in [0.2, 0.25) is 10.0 Å². The first-order valence-corrected chi connectivity index (χ1v) is 8.57. The van der Waals surface area contributed by atoms with Crippen LogP contribution in [0.25, 0.3) is 16.6 Å². The Balaban J connectivity index is 2.42. The van der Waals surface area contributed by atoms with Gasteiger partial charge in [0.25, 0.3) is 0 Å². The van der Waals surface area contributed by atoms with Crippen molar-refractivity contribution in [2.24, 2.45) is 0 Å². The van der Waals surface area contributed by atoms with Crippen LogP contribution in [-0.2, 0) is 4.74 Å². The minimum Gasteiger partial charge on any atom is -0.495 e. The molecule has 134 valence electrons. The first kappa shape index (κ1) is 18.3. The zero-order valence-corrected chi connectivity index (χ0v) is 15.6. The van der Waals surface area contributed by atoms with Crippen molar-refractivity contribution in [1.82, 2.24) is 4.40 Å². The molecule has 1 aromatic carbocycles. The molecule has 3 rings (SSSR count). The molecule has 0 amide bonds. The molecule has 3 aromatic rings. The van der Waals surface area contributed by atoms with Crippen molar-refractivity contribution in [3.63, 3.8) is 0 Å². The Hall–Kier alpha value is -2.50. The Morgan fingerprint density at radius 2 is 2.00 bits per heavy atom. The summed E-state index contributed by atoms with van der Waals surface area (Å²) in [5.41, 5.74) is 1.92. The third-order valence-corrected chi connectivity index (χ3v) is 4.59. The molecule has 5 nitrogen and oxygen atoms in total. The fourth-order valence-corrected chi connectivity index (χ4v) is 3.40. The maximum atomic E-state index is 12.6.